The normalized spacial score (nSPS) is 16.8. The molecule has 0 aliphatic carbocycles. The summed E-state index contributed by atoms with van der Waals surface area (Å²) < 4.78 is 5.06. The van der Waals surface area contributed by atoms with Crippen LogP contribution >= 0.6 is 31.8 Å². The fraction of sp³-hybridized carbons (Fsp3) is 0.600. The molecule has 3 nitrogen and oxygen atoms in total. The predicted molar refractivity (Wildman–Crippen MR) is 50.1 cm³/mol. The molecule has 1 heterocycles. The summed E-state index contributed by atoms with van der Waals surface area (Å²) in [4.78, 5) is 0. The fourth-order valence-electron chi connectivity index (χ4n) is 0.494. The van der Waals surface area contributed by atoms with Crippen LogP contribution in [0.3, 0.4) is 0 Å². The van der Waals surface area contributed by atoms with Gasteiger partial charge in [0.05, 0.1) is 0 Å². The maximum absolute atomic E-state index is 5.20. The van der Waals surface area contributed by atoms with Crippen molar-refractivity contribution in [2.45, 2.75) is 17.0 Å². The van der Waals surface area contributed by atoms with Crippen LogP contribution in [0.5, 0.6) is 0 Å². The van der Waals surface area contributed by atoms with Gasteiger partial charge in [-0.15, -0.1) is 19.4 Å². The van der Waals surface area contributed by atoms with E-state index in [0.29, 0.717) is 11.8 Å². The van der Waals surface area contributed by atoms with E-state index in [-0.39, 0.29) is 3.16 Å². The molecule has 0 N–H and O–H groups in total. The number of rotatable bonds is 1. The second-order valence-electron chi connectivity index (χ2n) is 2.20. The average Bonchev–Trinajstić information content (AvgIpc) is 2.11. The van der Waals surface area contributed by atoms with Gasteiger partial charge in [-0.2, -0.15) is 0 Å². The Labute approximate surface area is 75.3 Å². The second-order valence-corrected chi connectivity index (χ2v) is 6.77. The Morgan fingerprint density at radius 3 is 2.40 bits per heavy atom. The van der Waals surface area contributed by atoms with Crippen molar-refractivity contribution < 1.29 is 4.42 Å². The molecule has 0 fully saturated rings. The molecule has 10 heavy (non-hydrogen) atoms. The number of hydrogen-bond acceptors (Lipinski definition) is 3. The lowest BCUT2D eigenvalue weighted by molar-refractivity contribution is 0.466. The summed E-state index contributed by atoms with van der Waals surface area (Å²) in [5.74, 6) is 1.26. The molecule has 0 aliphatic heterocycles. The van der Waals surface area contributed by atoms with E-state index in [1.54, 1.807) is 6.92 Å². The van der Waals surface area contributed by atoms with E-state index in [2.05, 4.69) is 42.0 Å². The minimum atomic E-state index is -0.140. The van der Waals surface area contributed by atoms with Crippen molar-refractivity contribution in [2.24, 2.45) is 0 Å². The molecule has 0 amide bonds. The van der Waals surface area contributed by atoms with E-state index in [1.165, 1.54) is 0 Å². The van der Waals surface area contributed by atoms with Gasteiger partial charge in [-0.05, 0) is 6.92 Å². The van der Waals surface area contributed by atoms with Crippen LogP contribution in [0.15, 0.2) is 4.42 Å². The zero-order chi connectivity index (χ0) is 7.78. The van der Waals surface area contributed by atoms with Gasteiger partial charge in [0, 0.05) is 6.92 Å². The Bertz CT molecular complexity index is 230. The van der Waals surface area contributed by atoms with Crippen LogP contribution < -0.4 is 0 Å². The summed E-state index contributed by atoms with van der Waals surface area (Å²) in [6, 6.07) is 0. The van der Waals surface area contributed by atoms with Gasteiger partial charge in [-0.3, -0.25) is 0 Å². The summed E-state index contributed by atoms with van der Waals surface area (Å²) in [6.07, 6.45) is 0. The van der Waals surface area contributed by atoms with E-state index >= 15 is 0 Å². The summed E-state index contributed by atoms with van der Waals surface area (Å²) in [7, 11) is 2.63. The first-order valence-electron chi connectivity index (χ1n) is 2.78. The minimum Gasteiger partial charge on any atom is -0.424 e. The SMILES string of the molecule is Cc1nnc(C(C)(P)I)o1. The van der Waals surface area contributed by atoms with E-state index in [4.69, 9.17) is 4.42 Å². The molecule has 2 atom stereocenters. The molecular weight excluding hydrogens is 262 g/mol. The third kappa shape index (κ3) is 1.89. The van der Waals surface area contributed by atoms with E-state index in [9.17, 15) is 0 Å². The quantitative estimate of drug-likeness (QED) is 0.444. The Hall–Kier alpha value is 0.300. The van der Waals surface area contributed by atoms with E-state index < -0.39 is 0 Å². The third-order valence-electron chi connectivity index (χ3n) is 0.944. The molecule has 0 aliphatic rings. The molecule has 0 aromatic carbocycles. The van der Waals surface area contributed by atoms with Gasteiger partial charge in [0.2, 0.25) is 11.8 Å². The first-order valence-corrected chi connectivity index (χ1v) is 4.44. The van der Waals surface area contributed by atoms with Gasteiger partial charge in [0.15, 0.2) is 0 Å². The van der Waals surface area contributed by atoms with E-state index in [0.717, 1.165) is 0 Å². The lowest BCUT2D eigenvalue weighted by Crippen LogP contribution is -2.01. The molecule has 56 valence electrons. The summed E-state index contributed by atoms with van der Waals surface area (Å²) in [6.45, 7) is 3.77. The van der Waals surface area contributed by atoms with Crippen LogP contribution in [0.4, 0.5) is 0 Å². The Morgan fingerprint density at radius 2 is 2.20 bits per heavy atom. The average molecular weight is 270 g/mol. The lowest BCUT2D eigenvalue weighted by Gasteiger charge is -2.08. The van der Waals surface area contributed by atoms with Crippen LogP contribution in [0.1, 0.15) is 18.7 Å². The third-order valence-corrected chi connectivity index (χ3v) is 1.65. The number of halogens is 1. The van der Waals surface area contributed by atoms with Gasteiger partial charge >= 0.3 is 0 Å². The highest BCUT2D eigenvalue weighted by Gasteiger charge is 2.22. The topological polar surface area (TPSA) is 38.9 Å². The lowest BCUT2D eigenvalue weighted by atomic mass is 10.5. The minimum absolute atomic E-state index is 0.140. The van der Waals surface area contributed by atoms with Crippen LogP contribution in [0.25, 0.3) is 0 Å². The number of nitrogens with zero attached hydrogens (tertiary/aromatic N) is 2. The van der Waals surface area contributed by atoms with Crippen LogP contribution in [0.2, 0.25) is 0 Å². The first-order chi connectivity index (χ1) is 4.50. The Balaban J connectivity index is 2.96. The molecular formula is C5H8IN2OP. The molecule has 0 radical (unpaired) electrons. The summed E-state index contributed by atoms with van der Waals surface area (Å²) >= 11 is 2.22. The van der Waals surface area contributed by atoms with Gasteiger partial charge < -0.3 is 4.42 Å². The number of aryl methyl sites for hydroxylation is 1. The second kappa shape index (κ2) is 2.74. The Morgan fingerprint density at radius 1 is 1.60 bits per heavy atom. The molecule has 1 rings (SSSR count). The van der Waals surface area contributed by atoms with Crippen molar-refractivity contribution >= 4 is 31.8 Å². The van der Waals surface area contributed by atoms with Crippen molar-refractivity contribution in [3.05, 3.63) is 11.8 Å². The van der Waals surface area contributed by atoms with Crippen molar-refractivity contribution in [1.29, 1.82) is 0 Å². The maximum Gasteiger partial charge on any atom is 0.235 e. The molecule has 0 spiro atoms. The summed E-state index contributed by atoms with van der Waals surface area (Å²) in [5, 5.41) is 7.59. The van der Waals surface area contributed by atoms with Gasteiger partial charge in [0.1, 0.15) is 3.16 Å². The first kappa shape index (κ1) is 8.40. The van der Waals surface area contributed by atoms with Crippen molar-refractivity contribution in [3.8, 4) is 0 Å². The highest BCUT2D eigenvalue weighted by Crippen LogP contribution is 2.36. The summed E-state index contributed by atoms with van der Waals surface area (Å²) in [5.41, 5.74) is 0. The highest BCUT2D eigenvalue weighted by atomic mass is 127. The van der Waals surface area contributed by atoms with Gasteiger partial charge in [-0.1, -0.05) is 22.6 Å². The molecule has 0 saturated heterocycles. The monoisotopic (exact) mass is 270 g/mol. The van der Waals surface area contributed by atoms with Crippen molar-refractivity contribution in [3.63, 3.8) is 0 Å². The van der Waals surface area contributed by atoms with Crippen molar-refractivity contribution in [1.82, 2.24) is 10.2 Å². The maximum atomic E-state index is 5.20. The molecule has 0 bridgehead atoms. The molecule has 0 saturated carbocycles. The zero-order valence-corrected chi connectivity index (χ0v) is 9.07. The van der Waals surface area contributed by atoms with Gasteiger partial charge in [0.25, 0.3) is 0 Å². The number of alkyl halides is 1. The standard InChI is InChI=1S/C5H8IN2OP/c1-3-7-8-4(9-3)5(2,6)10/h10H2,1-2H3. The highest BCUT2D eigenvalue weighted by molar-refractivity contribution is 14.1. The van der Waals surface area contributed by atoms with Crippen LogP contribution in [-0.2, 0) is 3.16 Å². The predicted octanol–water partition coefficient (Wildman–Crippen LogP) is 1.86. The zero-order valence-electron chi connectivity index (χ0n) is 5.76. The number of hydrogen-bond donors (Lipinski definition) is 0. The van der Waals surface area contributed by atoms with Crippen LogP contribution in [-0.4, -0.2) is 10.2 Å². The molecule has 2 unspecified atom stereocenters. The molecule has 1 aromatic heterocycles. The van der Waals surface area contributed by atoms with Crippen LogP contribution in [0, 0.1) is 6.92 Å². The largest absolute Gasteiger partial charge is 0.424 e. The molecule has 1 aromatic rings. The van der Waals surface area contributed by atoms with Crippen molar-refractivity contribution in [2.75, 3.05) is 0 Å². The number of aromatic nitrogens is 2. The molecule has 5 heteroatoms. The van der Waals surface area contributed by atoms with Gasteiger partial charge in [-0.25, -0.2) is 0 Å². The smallest absolute Gasteiger partial charge is 0.235 e. The Kier molecular flexibility index (Phi) is 2.30. The van der Waals surface area contributed by atoms with E-state index in [1.807, 2.05) is 6.92 Å². The fourth-order valence-corrected chi connectivity index (χ4v) is 0.829.